The van der Waals surface area contributed by atoms with Crippen LogP contribution >= 0.6 is 11.3 Å². The molecule has 1 fully saturated rings. The second-order valence-corrected chi connectivity index (χ2v) is 6.79. The molecule has 2 aromatic heterocycles. The van der Waals surface area contributed by atoms with Crippen LogP contribution in [0.4, 0.5) is 5.82 Å². The normalized spacial score (nSPS) is 19.4. The first-order chi connectivity index (χ1) is 9.51. The van der Waals surface area contributed by atoms with Crippen molar-refractivity contribution >= 4 is 38.0 Å². The molecule has 11 heteroatoms. The van der Waals surface area contributed by atoms with E-state index in [2.05, 4.69) is 20.4 Å². The molecule has 1 amide bonds. The lowest BCUT2D eigenvalue weighted by atomic mass is 10.3. The van der Waals surface area contributed by atoms with Crippen LogP contribution in [-0.4, -0.2) is 36.3 Å². The minimum absolute atomic E-state index is 0.0596. The van der Waals surface area contributed by atoms with Crippen molar-refractivity contribution in [3.63, 3.8) is 0 Å². The van der Waals surface area contributed by atoms with Gasteiger partial charge in [-0.25, -0.2) is 19.0 Å². The van der Waals surface area contributed by atoms with Crippen LogP contribution in [0.3, 0.4) is 0 Å². The van der Waals surface area contributed by atoms with Crippen molar-refractivity contribution in [3.8, 4) is 0 Å². The number of carbonyl (C=O) groups is 1. The van der Waals surface area contributed by atoms with E-state index in [0.717, 1.165) is 0 Å². The van der Waals surface area contributed by atoms with Gasteiger partial charge >= 0.3 is 0 Å². The summed E-state index contributed by atoms with van der Waals surface area (Å²) in [7, 11) is -3.84. The Balaban J connectivity index is 1.99. The van der Waals surface area contributed by atoms with Crippen LogP contribution < -0.4 is 21.3 Å². The Morgan fingerprint density at radius 1 is 1.55 bits per heavy atom. The second kappa shape index (κ2) is 4.70. The smallest absolute Gasteiger partial charge is 0.260 e. The number of thiazole rings is 1. The molecular formula is C9H12N6O3S2. The van der Waals surface area contributed by atoms with E-state index in [-0.39, 0.29) is 29.7 Å². The Morgan fingerprint density at radius 3 is 3.00 bits per heavy atom. The Kier molecular flexibility index (Phi) is 3.12. The van der Waals surface area contributed by atoms with Crippen LogP contribution in [-0.2, 0) is 14.8 Å². The summed E-state index contributed by atoms with van der Waals surface area (Å²) in [4.78, 5) is 15.7. The highest BCUT2D eigenvalue weighted by molar-refractivity contribution is 7.89. The van der Waals surface area contributed by atoms with Crippen molar-refractivity contribution in [1.29, 1.82) is 0 Å². The van der Waals surface area contributed by atoms with E-state index in [9.17, 15) is 13.2 Å². The number of nitrogen functional groups attached to an aromatic ring is 1. The molecule has 1 atom stereocenters. The second-order valence-electron chi connectivity index (χ2n) is 4.29. The number of rotatable bonds is 4. The molecule has 2 aromatic rings. The minimum Gasteiger partial charge on any atom is -0.354 e. The van der Waals surface area contributed by atoms with E-state index in [1.807, 2.05) is 0 Å². The van der Waals surface area contributed by atoms with Crippen molar-refractivity contribution in [3.05, 3.63) is 11.6 Å². The molecular weight excluding hydrogens is 304 g/mol. The lowest BCUT2D eigenvalue weighted by Crippen LogP contribution is -2.37. The molecule has 1 aliphatic heterocycles. The zero-order chi connectivity index (χ0) is 14.3. The Morgan fingerprint density at radius 2 is 2.35 bits per heavy atom. The SMILES string of the molecule is NNc1nc2sccn2c1S(=O)(=O)NC1CNC(=O)C1. The molecule has 0 saturated carbocycles. The van der Waals surface area contributed by atoms with Gasteiger partial charge < -0.3 is 10.7 Å². The highest BCUT2D eigenvalue weighted by atomic mass is 32.2. The van der Waals surface area contributed by atoms with Crippen molar-refractivity contribution in [2.24, 2.45) is 5.84 Å². The molecule has 3 heterocycles. The first-order valence-corrected chi connectivity index (χ1v) is 8.09. The van der Waals surface area contributed by atoms with Gasteiger partial charge in [0, 0.05) is 30.6 Å². The van der Waals surface area contributed by atoms with Crippen LogP contribution in [0.5, 0.6) is 0 Å². The summed E-state index contributed by atoms with van der Waals surface area (Å²) >= 11 is 1.29. The lowest BCUT2D eigenvalue weighted by Gasteiger charge is -2.11. The van der Waals surface area contributed by atoms with Crippen molar-refractivity contribution in [2.45, 2.75) is 17.5 Å². The topological polar surface area (TPSA) is 131 Å². The van der Waals surface area contributed by atoms with Crippen LogP contribution in [0.15, 0.2) is 16.6 Å². The molecule has 0 aromatic carbocycles. The minimum atomic E-state index is -3.84. The summed E-state index contributed by atoms with van der Waals surface area (Å²) in [6.07, 6.45) is 1.72. The van der Waals surface area contributed by atoms with E-state index < -0.39 is 16.1 Å². The van der Waals surface area contributed by atoms with Crippen LogP contribution in [0.25, 0.3) is 4.96 Å². The quantitative estimate of drug-likeness (QED) is 0.416. The number of hydrogen-bond donors (Lipinski definition) is 4. The molecule has 20 heavy (non-hydrogen) atoms. The average Bonchev–Trinajstić information content (AvgIpc) is 3.02. The zero-order valence-electron chi connectivity index (χ0n) is 10.2. The first kappa shape index (κ1) is 13.3. The fourth-order valence-electron chi connectivity index (χ4n) is 2.08. The number of fused-ring (bicyclic) bond motifs is 1. The van der Waals surface area contributed by atoms with Crippen molar-refractivity contribution < 1.29 is 13.2 Å². The number of anilines is 1. The average molecular weight is 316 g/mol. The van der Waals surface area contributed by atoms with Crippen LogP contribution in [0.2, 0.25) is 0 Å². The maximum atomic E-state index is 12.4. The predicted octanol–water partition coefficient (Wildman–Crippen LogP) is -1.15. The molecule has 0 bridgehead atoms. The highest BCUT2D eigenvalue weighted by Gasteiger charge is 2.31. The number of hydrogen-bond acceptors (Lipinski definition) is 7. The number of carbonyl (C=O) groups excluding carboxylic acids is 1. The molecule has 108 valence electrons. The maximum Gasteiger partial charge on any atom is 0.260 e. The van der Waals surface area contributed by atoms with E-state index in [1.54, 1.807) is 11.6 Å². The Labute approximate surface area is 118 Å². The van der Waals surface area contributed by atoms with Crippen LogP contribution in [0, 0.1) is 0 Å². The molecule has 5 N–H and O–H groups in total. The molecule has 1 aliphatic rings. The number of nitrogens with one attached hydrogen (secondary N) is 3. The van der Waals surface area contributed by atoms with Gasteiger partial charge in [0.05, 0.1) is 0 Å². The van der Waals surface area contributed by atoms with Gasteiger partial charge in [0.25, 0.3) is 10.0 Å². The number of amides is 1. The maximum absolute atomic E-state index is 12.4. The van der Waals surface area contributed by atoms with Gasteiger partial charge in [-0.2, -0.15) is 4.98 Å². The number of imidazole rings is 1. The molecule has 0 spiro atoms. The van der Waals surface area contributed by atoms with E-state index in [1.165, 1.54) is 15.7 Å². The van der Waals surface area contributed by atoms with Gasteiger partial charge in [0.1, 0.15) is 0 Å². The van der Waals surface area contributed by atoms with Gasteiger partial charge in [-0.1, -0.05) is 0 Å². The van der Waals surface area contributed by atoms with Crippen molar-refractivity contribution in [2.75, 3.05) is 12.0 Å². The number of hydrazine groups is 1. The Bertz CT molecular complexity index is 764. The van der Waals surface area contributed by atoms with Gasteiger partial charge in [-0.05, 0) is 0 Å². The molecule has 1 saturated heterocycles. The van der Waals surface area contributed by atoms with E-state index in [0.29, 0.717) is 4.96 Å². The third-order valence-electron chi connectivity index (χ3n) is 2.91. The summed E-state index contributed by atoms with van der Waals surface area (Å²) in [5.74, 6) is 5.21. The monoisotopic (exact) mass is 316 g/mol. The van der Waals surface area contributed by atoms with E-state index >= 15 is 0 Å². The molecule has 0 radical (unpaired) electrons. The summed E-state index contributed by atoms with van der Waals surface area (Å²) in [6.45, 7) is 0.273. The standard InChI is InChI=1S/C9H12N6O3S2/c10-13-7-8(15-1-2-19-9(15)12-7)20(17,18)14-5-3-6(16)11-4-5/h1-2,5,13-14H,3-4,10H2,(H,11,16). The summed E-state index contributed by atoms with van der Waals surface area (Å²) < 4.78 is 28.8. The summed E-state index contributed by atoms with van der Waals surface area (Å²) in [5.41, 5.74) is 2.28. The molecule has 3 rings (SSSR count). The third kappa shape index (κ3) is 2.14. The van der Waals surface area contributed by atoms with Gasteiger partial charge in [-0.3, -0.25) is 9.20 Å². The molecule has 0 aliphatic carbocycles. The fourth-order valence-corrected chi connectivity index (χ4v) is 4.33. The van der Waals surface area contributed by atoms with Gasteiger partial charge in [0.15, 0.2) is 10.8 Å². The number of nitrogens with zero attached hydrogens (tertiary/aromatic N) is 2. The number of aromatic nitrogens is 2. The fraction of sp³-hybridized carbons (Fsp3) is 0.333. The van der Waals surface area contributed by atoms with Crippen molar-refractivity contribution in [1.82, 2.24) is 19.4 Å². The summed E-state index contributed by atoms with van der Waals surface area (Å²) in [6, 6.07) is -0.470. The molecule has 1 unspecified atom stereocenters. The highest BCUT2D eigenvalue weighted by Crippen LogP contribution is 2.25. The van der Waals surface area contributed by atoms with Gasteiger partial charge in [0.2, 0.25) is 10.9 Å². The first-order valence-electron chi connectivity index (χ1n) is 5.72. The zero-order valence-corrected chi connectivity index (χ0v) is 11.8. The number of nitrogens with two attached hydrogens (primary N) is 1. The lowest BCUT2D eigenvalue weighted by molar-refractivity contribution is -0.119. The summed E-state index contributed by atoms with van der Waals surface area (Å²) in [5, 5.41) is 4.24. The predicted molar refractivity (Wildman–Crippen MR) is 72.6 cm³/mol. The largest absolute Gasteiger partial charge is 0.354 e. The third-order valence-corrected chi connectivity index (χ3v) is 5.21. The van der Waals surface area contributed by atoms with Crippen LogP contribution in [0.1, 0.15) is 6.42 Å². The van der Waals surface area contributed by atoms with Gasteiger partial charge in [-0.15, -0.1) is 11.3 Å². The van der Waals surface area contributed by atoms with E-state index in [4.69, 9.17) is 5.84 Å². The number of sulfonamides is 1. The molecule has 9 nitrogen and oxygen atoms in total. The Hall–Kier alpha value is -1.69.